The fourth-order valence-electron chi connectivity index (χ4n) is 5.76. The minimum atomic E-state index is -0.614. The normalized spacial score (nSPS) is 27.2. The number of likely N-dealkylation sites (tertiary alicyclic amines) is 1. The second kappa shape index (κ2) is 8.92. The number of hydrogen-bond donors (Lipinski definition) is 1. The van der Waals surface area contributed by atoms with Gasteiger partial charge < -0.3 is 14.8 Å². The van der Waals surface area contributed by atoms with Gasteiger partial charge in [0, 0.05) is 23.1 Å². The molecule has 3 aliphatic heterocycles. The second-order valence-electron chi connectivity index (χ2n) is 9.56. The molecular weight excluding hydrogens is 460 g/mol. The fraction of sp³-hybridized carbons (Fsp3) is 0.357. The number of nitrogens with one attached hydrogen (secondary N) is 1. The van der Waals surface area contributed by atoms with Crippen molar-refractivity contribution in [3.8, 4) is 11.8 Å². The zero-order valence-corrected chi connectivity index (χ0v) is 19.4. The van der Waals surface area contributed by atoms with Crippen molar-refractivity contribution >= 4 is 23.7 Å². The van der Waals surface area contributed by atoms with Gasteiger partial charge in [-0.3, -0.25) is 24.1 Å². The summed E-state index contributed by atoms with van der Waals surface area (Å²) in [5.41, 5.74) is 3.43. The number of imide groups is 1. The number of rotatable bonds is 5. The third-order valence-electron chi connectivity index (χ3n) is 7.44. The molecule has 2 aromatic carbocycles. The molecule has 3 fully saturated rings. The molecular formula is C28H24N2O6. The van der Waals surface area contributed by atoms with Gasteiger partial charge in [-0.25, -0.2) is 0 Å². The second-order valence-corrected chi connectivity index (χ2v) is 9.56. The van der Waals surface area contributed by atoms with Crippen molar-refractivity contribution in [3.05, 3.63) is 70.8 Å². The molecule has 36 heavy (non-hydrogen) atoms. The Labute approximate surface area is 207 Å². The minimum absolute atomic E-state index is 0.235. The molecule has 3 heterocycles. The zero-order chi connectivity index (χ0) is 24.8. The van der Waals surface area contributed by atoms with Crippen LogP contribution in [0.4, 0.5) is 0 Å². The summed E-state index contributed by atoms with van der Waals surface area (Å²) in [5, 5.41) is 2.50. The Morgan fingerprint density at radius 2 is 1.58 bits per heavy atom. The van der Waals surface area contributed by atoms with Crippen LogP contribution in [0, 0.1) is 23.7 Å². The van der Waals surface area contributed by atoms with Crippen molar-refractivity contribution in [2.75, 3.05) is 13.1 Å². The lowest BCUT2D eigenvalue weighted by atomic mass is 9.81. The Morgan fingerprint density at radius 3 is 2.33 bits per heavy atom. The highest BCUT2D eigenvalue weighted by atomic mass is 16.5. The van der Waals surface area contributed by atoms with Gasteiger partial charge in [-0.1, -0.05) is 48.2 Å². The summed E-state index contributed by atoms with van der Waals surface area (Å²) >= 11 is 0. The minimum Gasteiger partial charge on any atom is -0.456 e. The van der Waals surface area contributed by atoms with Crippen molar-refractivity contribution in [1.82, 2.24) is 10.2 Å². The summed E-state index contributed by atoms with van der Waals surface area (Å²) in [6.45, 7) is -0.783. The standard InChI is InChI=1S/C28H24N2O6/c31-23(15-30-27(33)25-20-11-12-21(35-20)26(25)28(30)34)29-14-24(32)36-22-13-18-7-2-1-5-16(18)9-10-17-6-3-4-8-19(17)22/h1-8,20-22,25-26H,11-15H2,(H,29,31). The van der Waals surface area contributed by atoms with E-state index < -0.39 is 36.4 Å². The van der Waals surface area contributed by atoms with Gasteiger partial charge in [0.1, 0.15) is 19.2 Å². The summed E-state index contributed by atoms with van der Waals surface area (Å²) in [5.74, 6) is 3.45. The first-order valence-corrected chi connectivity index (χ1v) is 12.2. The Hall–Kier alpha value is -3.96. The molecule has 3 amide bonds. The van der Waals surface area contributed by atoms with Gasteiger partial charge in [-0.2, -0.15) is 0 Å². The molecule has 4 aliphatic rings. The number of amides is 3. The highest BCUT2D eigenvalue weighted by Gasteiger charge is 2.62. The van der Waals surface area contributed by atoms with Crippen molar-refractivity contribution in [3.63, 3.8) is 0 Å². The van der Waals surface area contributed by atoms with E-state index in [1.165, 1.54) is 0 Å². The molecule has 0 radical (unpaired) electrons. The maximum absolute atomic E-state index is 12.7. The van der Waals surface area contributed by atoms with Crippen molar-refractivity contribution in [2.45, 2.75) is 37.6 Å². The van der Waals surface area contributed by atoms with E-state index in [0.29, 0.717) is 6.42 Å². The Morgan fingerprint density at radius 1 is 0.944 bits per heavy atom. The van der Waals surface area contributed by atoms with E-state index in [0.717, 1.165) is 40.0 Å². The summed E-state index contributed by atoms with van der Waals surface area (Å²) in [4.78, 5) is 51.7. The number of nitrogens with zero attached hydrogens (tertiary/aromatic N) is 1. The third-order valence-corrected chi connectivity index (χ3v) is 7.44. The third kappa shape index (κ3) is 3.86. The molecule has 0 aromatic heterocycles. The largest absolute Gasteiger partial charge is 0.456 e. The Balaban J connectivity index is 1.09. The molecule has 0 saturated carbocycles. The van der Waals surface area contributed by atoms with Gasteiger partial charge >= 0.3 is 5.97 Å². The van der Waals surface area contributed by atoms with Crippen LogP contribution in [0.5, 0.6) is 0 Å². The van der Waals surface area contributed by atoms with Gasteiger partial charge in [-0.05, 0) is 30.5 Å². The van der Waals surface area contributed by atoms with Gasteiger partial charge in [0.05, 0.1) is 24.0 Å². The quantitative estimate of drug-likeness (QED) is 0.392. The van der Waals surface area contributed by atoms with E-state index in [2.05, 4.69) is 17.2 Å². The summed E-state index contributed by atoms with van der Waals surface area (Å²) in [7, 11) is 0. The van der Waals surface area contributed by atoms with Gasteiger partial charge in [0.2, 0.25) is 17.7 Å². The lowest BCUT2D eigenvalue weighted by Crippen LogP contribution is -2.43. The van der Waals surface area contributed by atoms with E-state index >= 15 is 0 Å². The smallest absolute Gasteiger partial charge is 0.326 e. The number of ether oxygens (including phenoxy) is 2. The highest BCUT2D eigenvalue weighted by Crippen LogP contribution is 2.48. The SMILES string of the molecule is O=C(CN1C(=O)C2C3CCC(O3)C2C1=O)NCC(=O)OC1Cc2ccccc2C#Cc2ccccc21. The topological polar surface area (TPSA) is 102 Å². The van der Waals surface area contributed by atoms with Crippen molar-refractivity contribution < 1.29 is 28.7 Å². The summed E-state index contributed by atoms with van der Waals surface area (Å²) in [6, 6.07) is 15.2. The van der Waals surface area contributed by atoms with Crippen LogP contribution in [-0.4, -0.2) is 53.9 Å². The maximum atomic E-state index is 12.7. The molecule has 6 rings (SSSR count). The first-order valence-electron chi connectivity index (χ1n) is 12.2. The lowest BCUT2D eigenvalue weighted by Gasteiger charge is -2.22. The number of esters is 1. The molecule has 5 atom stereocenters. The average molecular weight is 485 g/mol. The van der Waals surface area contributed by atoms with Crippen LogP contribution < -0.4 is 5.32 Å². The first-order chi connectivity index (χ1) is 17.5. The van der Waals surface area contributed by atoms with Crippen LogP contribution in [0.2, 0.25) is 0 Å². The van der Waals surface area contributed by atoms with E-state index in [1.807, 2.05) is 48.5 Å². The van der Waals surface area contributed by atoms with Crippen LogP contribution in [0.3, 0.4) is 0 Å². The predicted octanol–water partition coefficient (Wildman–Crippen LogP) is 1.51. The molecule has 5 unspecified atom stereocenters. The monoisotopic (exact) mass is 484 g/mol. The number of carbonyl (C=O) groups excluding carboxylic acids is 4. The molecule has 8 heteroatoms. The molecule has 182 valence electrons. The van der Waals surface area contributed by atoms with E-state index in [9.17, 15) is 19.2 Å². The van der Waals surface area contributed by atoms with E-state index in [4.69, 9.17) is 9.47 Å². The van der Waals surface area contributed by atoms with Crippen molar-refractivity contribution in [2.24, 2.45) is 11.8 Å². The van der Waals surface area contributed by atoms with Gasteiger partial charge in [0.25, 0.3) is 0 Å². The van der Waals surface area contributed by atoms with Crippen LogP contribution in [0.1, 0.15) is 41.2 Å². The van der Waals surface area contributed by atoms with Gasteiger partial charge in [-0.15, -0.1) is 0 Å². The number of carbonyl (C=O) groups is 4. The summed E-state index contributed by atoms with van der Waals surface area (Å²) < 4.78 is 11.5. The Bertz CT molecular complexity index is 1310. The van der Waals surface area contributed by atoms with Crippen LogP contribution in [0.25, 0.3) is 0 Å². The average Bonchev–Trinajstić information content (AvgIpc) is 3.56. The molecule has 1 N–H and O–H groups in total. The zero-order valence-electron chi connectivity index (χ0n) is 19.4. The van der Waals surface area contributed by atoms with E-state index in [-0.39, 0.29) is 30.6 Å². The fourth-order valence-corrected chi connectivity index (χ4v) is 5.76. The molecule has 3 saturated heterocycles. The molecule has 2 aromatic rings. The number of fused-ring (bicyclic) bond motifs is 7. The molecule has 8 nitrogen and oxygen atoms in total. The number of hydrogen-bond acceptors (Lipinski definition) is 6. The predicted molar refractivity (Wildman–Crippen MR) is 126 cm³/mol. The molecule has 0 spiro atoms. The van der Waals surface area contributed by atoms with Crippen LogP contribution in [0.15, 0.2) is 48.5 Å². The maximum Gasteiger partial charge on any atom is 0.326 e. The number of benzene rings is 2. The van der Waals surface area contributed by atoms with Crippen LogP contribution in [-0.2, 0) is 35.1 Å². The molecule has 2 bridgehead atoms. The highest BCUT2D eigenvalue weighted by molar-refractivity contribution is 6.08. The van der Waals surface area contributed by atoms with E-state index in [1.54, 1.807) is 0 Å². The van der Waals surface area contributed by atoms with Gasteiger partial charge in [0.15, 0.2) is 0 Å². The summed E-state index contributed by atoms with van der Waals surface area (Å²) in [6.07, 6.45) is 0.930. The molecule has 1 aliphatic carbocycles. The Kier molecular flexibility index (Phi) is 5.57. The lowest BCUT2D eigenvalue weighted by molar-refractivity contribution is -0.149. The van der Waals surface area contributed by atoms with Crippen molar-refractivity contribution in [1.29, 1.82) is 0 Å². The van der Waals surface area contributed by atoms with Crippen LogP contribution >= 0.6 is 0 Å². The first kappa shape index (κ1) is 22.5.